The smallest absolute Gasteiger partial charge is 0.224 e. The number of carbonyl (C=O) groups is 1. The van der Waals surface area contributed by atoms with Gasteiger partial charge < -0.3 is 11.1 Å². The Morgan fingerprint density at radius 2 is 1.75 bits per heavy atom. The summed E-state index contributed by atoms with van der Waals surface area (Å²) in [7, 11) is 0. The first kappa shape index (κ1) is 15.0. The number of amides is 1. The van der Waals surface area contributed by atoms with Crippen LogP contribution in [0.3, 0.4) is 0 Å². The average Bonchev–Trinajstić information content (AvgIpc) is 2.80. The Balaban J connectivity index is 1.79. The van der Waals surface area contributed by atoms with Gasteiger partial charge in [0.1, 0.15) is 0 Å². The van der Waals surface area contributed by atoms with Crippen molar-refractivity contribution in [3.05, 3.63) is 35.9 Å². The lowest BCUT2D eigenvalue weighted by Crippen LogP contribution is -2.30. The van der Waals surface area contributed by atoms with Gasteiger partial charge in [-0.05, 0) is 22.8 Å². The summed E-state index contributed by atoms with van der Waals surface area (Å²) < 4.78 is 0. The topological polar surface area (TPSA) is 55.1 Å². The fourth-order valence-electron chi connectivity index (χ4n) is 3.17. The van der Waals surface area contributed by atoms with E-state index >= 15 is 0 Å². The van der Waals surface area contributed by atoms with E-state index in [4.69, 9.17) is 5.73 Å². The van der Waals surface area contributed by atoms with E-state index in [1.165, 1.54) is 0 Å². The monoisotopic (exact) mass is 274 g/mol. The van der Waals surface area contributed by atoms with Crippen molar-refractivity contribution in [1.82, 2.24) is 5.32 Å². The van der Waals surface area contributed by atoms with Crippen LogP contribution in [0.1, 0.15) is 45.7 Å². The molecule has 0 saturated heterocycles. The van der Waals surface area contributed by atoms with Gasteiger partial charge in [0.25, 0.3) is 0 Å². The van der Waals surface area contributed by atoms with E-state index in [-0.39, 0.29) is 28.7 Å². The molecular formula is C17H26N2O. The van der Waals surface area contributed by atoms with E-state index in [1.54, 1.807) is 0 Å². The van der Waals surface area contributed by atoms with Crippen molar-refractivity contribution in [2.75, 3.05) is 6.54 Å². The third-order valence-electron chi connectivity index (χ3n) is 5.27. The lowest BCUT2D eigenvalue weighted by atomic mass is 10.0. The molecule has 1 aromatic rings. The second-order valence-corrected chi connectivity index (χ2v) is 6.97. The molecule has 1 unspecified atom stereocenters. The molecule has 0 aliphatic heterocycles. The molecule has 1 aromatic carbocycles. The summed E-state index contributed by atoms with van der Waals surface area (Å²) in [5.74, 6) is 0.281. The van der Waals surface area contributed by atoms with Gasteiger partial charge in [0.2, 0.25) is 5.91 Å². The molecule has 2 rings (SSSR count). The van der Waals surface area contributed by atoms with Crippen LogP contribution in [-0.2, 0) is 4.79 Å². The van der Waals surface area contributed by atoms with E-state index in [0.717, 1.165) is 12.0 Å². The van der Waals surface area contributed by atoms with E-state index in [2.05, 4.69) is 33.0 Å². The van der Waals surface area contributed by atoms with Gasteiger partial charge in [0, 0.05) is 18.5 Å². The van der Waals surface area contributed by atoms with Crippen LogP contribution in [0, 0.1) is 16.7 Å². The highest BCUT2D eigenvalue weighted by Gasteiger charge is 2.68. The van der Waals surface area contributed by atoms with Gasteiger partial charge in [-0.1, -0.05) is 58.0 Å². The standard InChI is InChI=1S/C17H26N2O/c1-16(2)14(17(16,3)4)15(20)19-11-10-13(18)12-8-6-5-7-9-12/h5-9,13-14H,10-11,18H2,1-4H3,(H,19,20). The number of rotatable bonds is 5. The Kier molecular flexibility index (Phi) is 3.92. The summed E-state index contributed by atoms with van der Waals surface area (Å²) in [4.78, 5) is 12.2. The van der Waals surface area contributed by atoms with Gasteiger partial charge in [0.15, 0.2) is 0 Å². The van der Waals surface area contributed by atoms with Crippen LogP contribution in [0.4, 0.5) is 0 Å². The highest BCUT2D eigenvalue weighted by atomic mass is 16.2. The van der Waals surface area contributed by atoms with Crippen LogP contribution in [0.2, 0.25) is 0 Å². The largest absolute Gasteiger partial charge is 0.356 e. The normalized spacial score (nSPS) is 21.2. The molecule has 1 aliphatic carbocycles. The molecule has 1 aliphatic rings. The van der Waals surface area contributed by atoms with E-state index in [9.17, 15) is 4.79 Å². The van der Waals surface area contributed by atoms with Crippen molar-refractivity contribution in [3.63, 3.8) is 0 Å². The zero-order valence-corrected chi connectivity index (χ0v) is 12.9. The number of nitrogens with two attached hydrogens (primary N) is 1. The number of hydrogen-bond acceptors (Lipinski definition) is 2. The Morgan fingerprint density at radius 3 is 2.25 bits per heavy atom. The van der Waals surface area contributed by atoms with Crippen molar-refractivity contribution in [2.24, 2.45) is 22.5 Å². The van der Waals surface area contributed by atoms with Crippen molar-refractivity contribution in [2.45, 2.75) is 40.2 Å². The minimum atomic E-state index is -0.0169. The average molecular weight is 274 g/mol. The summed E-state index contributed by atoms with van der Waals surface area (Å²) in [5, 5.41) is 3.04. The van der Waals surface area contributed by atoms with Gasteiger partial charge in [-0.3, -0.25) is 4.79 Å². The molecule has 1 saturated carbocycles. The Morgan fingerprint density at radius 1 is 1.20 bits per heavy atom. The summed E-state index contributed by atoms with van der Waals surface area (Å²) >= 11 is 0. The number of benzene rings is 1. The van der Waals surface area contributed by atoms with Crippen LogP contribution in [0.25, 0.3) is 0 Å². The van der Waals surface area contributed by atoms with Crippen molar-refractivity contribution in [1.29, 1.82) is 0 Å². The van der Waals surface area contributed by atoms with Crippen LogP contribution < -0.4 is 11.1 Å². The van der Waals surface area contributed by atoms with Crippen LogP contribution in [0.5, 0.6) is 0 Å². The fraction of sp³-hybridized carbons (Fsp3) is 0.588. The maximum absolute atomic E-state index is 12.2. The zero-order valence-electron chi connectivity index (χ0n) is 12.9. The molecule has 3 heteroatoms. The van der Waals surface area contributed by atoms with E-state index < -0.39 is 0 Å². The van der Waals surface area contributed by atoms with Gasteiger partial charge in [-0.25, -0.2) is 0 Å². The summed E-state index contributed by atoms with van der Waals surface area (Å²) in [6.45, 7) is 9.28. The molecular weight excluding hydrogens is 248 g/mol. The molecule has 1 amide bonds. The molecule has 110 valence electrons. The van der Waals surface area contributed by atoms with Gasteiger partial charge in [-0.15, -0.1) is 0 Å². The molecule has 0 radical (unpaired) electrons. The molecule has 20 heavy (non-hydrogen) atoms. The number of hydrogen-bond donors (Lipinski definition) is 2. The van der Waals surface area contributed by atoms with Crippen LogP contribution in [-0.4, -0.2) is 12.5 Å². The minimum Gasteiger partial charge on any atom is -0.356 e. The lowest BCUT2D eigenvalue weighted by Gasteiger charge is -2.13. The van der Waals surface area contributed by atoms with Crippen LogP contribution in [0.15, 0.2) is 30.3 Å². The quantitative estimate of drug-likeness (QED) is 0.867. The molecule has 1 atom stereocenters. The predicted octanol–water partition coefficient (Wildman–Crippen LogP) is 2.87. The fourth-order valence-corrected chi connectivity index (χ4v) is 3.17. The van der Waals surface area contributed by atoms with Gasteiger partial charge >= 0.3 is 0 Å². The summed E-state index contributed by atoms with van der Waals surface area (Å²) in [6.07, 6.45) is 0.767. The molecule has 0 spiro atoms. The van der Waals surface area contributed by atoms with Crippen molar-refractivity contribution in [3.8, 4) is 0 Å². The first-order valence-corrected chi connectivity index (χ1v) is 7.36. The zero-order chi connectivity index (χ0) is 15.0. The first-order chi connectivity index (χ1) is 9.28. The van der Waals surface area contributed by atoms with Crippen molar-refractivity contribution < 1.29 is 4.79 Å². The molecule has 3 nitrogen and oxygen atoms in total. The molecule has 0 bridgehead atoms. The summed E-state index contributed by atoms with van der Waals surface area (Å²) in [5.41, 5.74) is 7.44. The van der Waals surface area contributed by atoms with E-state index in [1.807, 2.05) is 30.3 Å². The SMILES string of the molecule is CC1(C)C(C(=O)NCCC(N)c2ccccc2)C1(C)C. The molecule has 3 N–H and O–H groups in total. The van der Waals surface area contributed by atoms with Gasteiger partial charge in [-0.2, -0.15) is 0 Å². The predicted molar refractivity (Wildman–Crippen MR) is 82.0 cm³/mol. The third kappa shape index (κ3) is 2.59. The third-order valence-corrected chi connectivity index (χ3v) is 5.27. The Hall–Kier alpha value is -1.35. The van der Waals surface area contributed by atoms with Crippen molar-refractivity contribution >= 4 is 5.91 Å². The first-order valence-electron chi connectivity index (χ1n) is 7.36. The lowest BCUT2D eigenvalue weighted by molar-refractivity contribution is -0.123. The second-order valence-electron chi connectivity index (χ2n) is 6.97. The minimum absolute atomic E-state index is 0.0169. The van der Waals surface area contributed by atoms with Crippen LogP contribution >= 0.6 is 0 Å². The number of carbonyl (C=O) groups excluding carboxylic acids is 1. The highest BCUT2D eigenvalue weighted by molar-refractivity contribution is 5.84. The van der Waals surface area contributed by atoms with Gasteiger partial charge in [0.05, 0.1) is 0 Å². The molecule has 0 aromatic heterocycles. The maximum Gasteiger partial charge on any atom is 0.224 e. The maximum atomic E-state index is 12.2. The summed E-state index contributed by atoms with van der Waals surface area (Å²) in [6, 6.07) is 10.00. The molecule has 1 fully saturated rings. The van der Waals surface area contributed by atoms with E-state index in [0.29, 0.717) is 6.54 Å². The Bertz CT molecular complexity index is 465. The second kappa shape index (κ2) is 5.21. The molecule has 0 heterocycles. The highest BCUT2D eigenvalue weighted by Crippen LogP contribution is 2.68. The number of nitrogens with one attached hydrogen (secondary N) is 1. The Labute approximate surface area is 121 Å².